The third-order valence-electron chi connectivity index (χ3n) is 6.80. The van der Waals surface area contributed by atoms with Gasteiger partial charge in [-0.1, -0.05) is 42.5 Å². The number of benzene rings is 2. The first kappa shape index (κ1) is 26.0. The Morgan fingerprint density at radius 1 is 1.14 bits per heavy atom. The van der Waals surface area contributed by atoms with Crippen molar-refractivity contribution in [1.82, 2.24) is 25.1 Å². The van der Waals surface area contributed by atoms with Crippen molar-refractivity contribution in [2.24, 2.45) is 0 Å². The number of carbonyl (C=O) groups excluding carboxylic acids is 3. The lowest BCUT2D eigenvalue weighted by atomic mass is 9.99. The van der Waals surface area contributed by atoms with Crippen LogP contribution in [0.3, 0.4) is 0 Å². The van der Waals surface area contributed by atoms with Gasteiger partial charge in [0.1, 0.15) is 18.0 Å². The second-order valence-electron chi connectivity index (χ2n) is 9.10. The number of piperazine rings is 1. The molecule has 0 aliphatic carbocycles. The highest BCUT2D eigenvalue weighted by Crippen LogP contribution is 2.32. The fourth-order valence-corrected chi connectivity index (χ4v) is 5.35. The highest BCUT2D eigenvalue weighted by molar-refractivity contribution is 7.98. The van der Waals surface area contributed by atoms with Gasteiger partial charge in [-0.25, -0.2) is 19.2 Å². The Morgan fingerprint density at radius 3 is 2.50 bits per heavy atom. The van der Waals surface area contributed by atoms with Gasteiger partial charge in [-0.15, -0.1) is 0 Å². The Hall–Kier alpha value is -3.11. The number of amides is 4. The van der Waals surface area contributed by atoms with Crippen LogP contribution in [0.5, 0.6) is 0 Å². The Bertz CT molecular complexity index is 1090. The van der Waals surface area contributed by atoms with Gasteiger partial charge in [0.05, 0.1) is 19.1 Å². The first-order valence-corrected chi connectivity index (χ1v) is 13.4. The molecule has 1 N–H and O–H groups in total. The number of hydrogen-bond acceptors (Lipinski definition) is 5. The summed E-state index contributed by atoms with van der Waals surface area (Å²) in [5.41, 5.74) is 1.75. The Balaban J connectivity index is 1.63. The lowest BCUT2D eigenvalue weighted by molar-refractivity contribution is -0.189. The van der Waals surface area contributed by atoms with Gasteiger partial charge in [-0.05, 0) is 48.6 Å². The van der Waals surface area contributed by atoms with E-state index in [0.29, 0.717) is 18.7 Å². The van der Waals surface area contributed by atoms with Crippen molar-refractivity contribution in [2.45, 2.75) is 38.1 Å². The zero-order chi connectivity index (χ0) is 25.8. The molecule has 0 saturated carbocycles. The summed E-state index contributed by atoms with van der Waals surface area (Å²) in [7, 11) is 1.71. The van der Waals surface area contributed by atoms with E-state index >= 15 is 0 Å². The van der Waals surface area contributed by atoms with Crippen molar-refractivity contribution in [3.8, 4) is 0 Å². The van der Waals surface area contributed by atoms with Crippen LogP contribution in [0, 0.1) is 5.82 Å². The van der Waals surface area contributed by atoms with Crippen molar-refractivity contribution in [1.29, 1.82) is 0 Å². The number of hydrogen-bond donors (Lipinski definition) is 1. The van der Waals surface area contributed by atoms with Gasteiger partial charge < -0.3 is 15.1 Å². The Kier molecular flexibility index (Phi) is 8.15. The maximum atomic E-state index is 13.7. The molecule has 2 heterocycles. The van der Waals surface area contributed by atoms with Gasteiger partial charge in [0.25, 0.3) is 0 Å². The third kappa shape index (κ3) is 5.34. The number of halogens is 1. The summed E-state index contributed by atoms with van der Waals surface area (Å²) in [5.74, 6) is 0.0189. The Morgan fingerprint density at radius 2 is 1.83 bits per heavy atom. The van der Waals surface area contributed by atoms with E-state index in [-0.39, 0.29) is 42.8 Å². The normalized spacial score (nSPS) is 21.4. The molecule has 8 nitrogen and oxygen atoms in total. The van der Waals surface area contributed by atoms with Crippen LogP contribution >= 0.6 is 11.8 Å². The first-order chi connectivity index (χ1) is 17.3. The molecule has 0 radical (unpaired) electrons. The summed E-state index contributed by atoms with van der Waals surface area (Å²) in [6.45, 7) is 2.39. The predicted octanol–water partition coefficient (Wildman–Crippen LogP) is 3.08. The Labute approximate surface area is 215 Å². The number of fused-ring (bicyclic) bond motifs is 1. The molecule has 3 atom stereocenters. The standard InChI is InChI=1S/C26H32FN5O3S/c1-18(20-9-11-21(27)12-10-20)30-16-23-31(22(25(30)34)13-14-36-3)24(33)17-29(2)32(23)26(35)28-15-19-7-5-4-6-8-19/h4-12,18,22-23H,13-17H2,1-3H3,(H,28,35)/t18?,22-,23-/m0/s1. The van der Waals surface area contributed by atoms with Crippen molar-refractivity contribution in [3.05, 3.63) is 71.5 Å². The fraction of sp³-hybridized carbons (Fsp3) is 0.423. The molecule has 2 fully saturated rings. The van der Waals surface area contributed by atoms with Crippen molar-refractivity contribution in [3.63, 3.8) is 0 Å². The van der Waals surface area contributed by atoms with Crippen LogP contribution in [0.25, 0.3) is 0 Å². The number of nitrogens with zero attached hydrogens (tertiary/aromatic N) is 4. The zero-order valence-electron chi connectivity index (χ0n) is 20.8. The van der Waals surface area contributed by atoms with Gasteiger partial charge in [-0.3, -0.25) is 9.59 Å². The molecule has 36 heavy (non-hydrogen) atoms. The SMILES string of the molecule is CSCC[C@H]1C(=O)N(C(C)c2ccc(F)cc2)C[C@H]2N1C(=O)CN(C)N2C(=O)NCc1ccccc1. The maximum absolute atomic E-state index is 13.7. The summed E-state index contributed by atoms with van der Waals surface area (Å²) >= 11 is 1.61. The van der Waals surface area contributed by atoms with Crippen molar-refractivity contribution >= 4 is 29.6 Å². The number of nitrogens with one attached hydrogen (secondary N) is 1. The molecule has 0 aromatic heterocycles. The van der Waals surface area contributed by atoms with Crippen LogP contribution in [-0.4, -0.2) is 82.0 Å². The second-order valence-corrected chi connectivity index (χ2v) is 10.1. The summed E-state index contributed by atoms with van der Waals surface area (Å²) in [4.78, 5) is 43.6. The van der Waals surface area contributed by atoms with E-state index in [1.807, 2.05) is 43.5 Å². The van der Waals surface area contributed by atoms with Crippen LogP contribution in [0.15, 0.2) is 54.6 Å². The van der Waals surface area contributed by atoms with Crippen molar-refractivity contribution in [2.75, 3.05) is 32.1 Å². The fourth-order valence-electron chi connectivity index (χ4n) is 4.90. The van der Waals surface area contributed by atoms with Crippen LogP contribution in [0.4, 0.5) is 9.18 Å². The second kappa shape index (κ2) is 11.3. The average Bonchev–Trinajstić information content (AvgIpc) is 2.87. The lowest BCUT2D eigenvalue weighted by Crippen LogP contribution is -2.76. The third-order valence-corrected chi connectivity index (χ3v) is 7.44. The molecule has 2 saturated heterocycles. The van der Waals surface area contributed by atoms with Gasteiger partial charge in [0, 0.05) is 13.6 Å². The summed E-state index contributed by atoms with van der Waals surface area (Å²) in [6.07, 6.45) is 1.79. The molecule has 2 aliphatic rings. The van der Waals surface area contributed by atoms with E-state index < -0.39 is 12.2 Å². The van der Waals surface area contributed by atoms with Crippen LogP contribution < -0.4 is 5.32 Å². The van der Waals surface area contributed by atoms with E-state index in [4.69, 9.17) is 0 Å². The molecule has 192 valence electrons. The van der Waals surface area contributed by atoms with Crippen LogP contribution in [-0.2, 0) is 16.1 Å². The molecule has 4 amide bonds. The van der Waals surface area contributed by atoms with Gasteiger partial charge >= 0.3 is 6.03 Å². The molecular formula is C26H32FN5O3S. The van der Waals surface area contributed by atoms with E-state index in [1.165, 1.54) is 12.1 Å². The van der Waals surface area contributed by atoms with E-state index in [1.54, 1.807) is 50.8 Å². The molecule has 0 spiro atoms. The van der Waals surface area contributed by atoms with E-state index in [9.17, 15) is 18.8 Å². The number of carbonyl (C=O) groups is 3. The topological polar surface area (TPSA) is 76.2 Å². The zero-order valence-corrected chi connectivity index (χ0v) is 21.6. The van der Waals surface area contributed by atoms with Gasteiger partial charge in [-0.2, -0.15) is 11.8 Å². The van der Waals surface area contributed by atoms with E-state index in [0.717, 1.165) is 11.1 Å². The summed E-state index contributed by atoms with van der Waals surface area (Å²) < 4.78 is 13.5. The number of hydrazine groups is 1. The minimum absolute atomic E-state index is 0.00577. The first-order valence-electron chi connectivity index (χ1n) is 12.0. The smallest absolute Gasteiger partial charge is 0.333 e. The van der Waals surface area contributed by atoms with Crippen molar-refractivity contribution < 1.29 is 18.8 Å². The van der Waals surface area contributed by atoms with E-state index in [2.05, 4.69) is 5.32 Å². The number of thioether (sulfide) groups is 1. The number of rotatable bonds is 7. The number of urea groups is 1. The quantitative estimate of drug-likeness (QED) is 0.616. The molecular weight excluding hydrogens is 481 g/mol. The molecule has 2 aromatic carbocycles. The van der Waals surface area contributed by atoms with Crippen LogP contribution in [0.1, 0.15) is 30.5 Å². The molecule has 0 bridgehead atoms. The summed E-state index contributed by atoms with van der Waals surface area (Å²) in [5, 5.41) is 6.12. The molecule has 10 heteroatoms. The molecule has 4 rings (SSSR count). The largest absolute Gasteiger partial charge is 0.334 e. The highest BCUT2D eigenvalue weighted by Gasteiger charge is 2.51. The molecule has 2 aromatic rings. The lowest BCUT2D eigenvalue weighted by Gasteiger charge is -2.55. The minimum atomic E-state index is -0.676. The minimum Gasteiger partial charge on any atom is -0.333 e. The molecule has 1 unspecified atom stereocenters. The van der Waals surface area contributed by atoms with Gasteiger partial charge in [0.2, 0.25) is 11.8 Å². The van der Waals surface area contributed by atoms with Crippen LogP contribution in [0.2, 0.25) is 0 Å². The monoisotopic (exact) mass is 513 g/mol. The maximum Gasteiger partial charge on any atom is 0.334 e. The average molecular weight is 514 g/mol. The highest BCUT2D eigenvalue weighted by atomic mass is 32.2. The summed E-state index contributed by atoms with van der Waals surface area (Å²) in [6, 6.07) is 14.3. The number of likely N-dealkylation sites (N-methyl/N-ethyl adjacent to an activating group) is 1. The van der Waals surface area contributed by atoms with Gasteiger partial charge in [0.15, 0.2) is 0 Å². The molecule has 2 aliphatic heterocycles. The predicted molar refractivity (Wildman–Crippen MR) is 137 cm³/mol.